The van der Waals surface area contributed by atoms with Gasteiger partial charge in [0.25, 0.3) is 5.91 Å². The van der Waals surface area contributed by atoms with Gasteiger partial charge in [-0.1, -0.05) is 18.2 Å². The van der Waals surface area contributed by atoms with Gasteiger partial charge in [-0.25, -0.2) is 5.48 Å². The van der Waals surface area contributed by atoms with Crippen LogP contribution < -0.4 is 10.8 Å². The van der Waals surface area contributed by atoms with Gasteiger partial charge in [-0.15, -0.1) is 0 Å². The number of hydrogen-bond acceptors (Lipinski definition) is 5. The van der Waals surface area contributed by atoms with Crippen molar-refractivity contribution in [3.8, 4) is 0 Å². The average Bonchev–Trinajstić information content (AvgIpc) is 3.19. The molecule has 4 rings (SSSR count). The predicted molar refractivity (Wildman–Crippen MR) is 127 cm³/mol. The van der Waals surface area contributed by atoms with Crippen molar-refractivity contribution in [1.29, 1.82) is 0 Å². The maximum absolute atomic E-state index is 12.6. The molecule has 0 radical (unpaired) electrons. The summed E-state index contributed by atoms with van der Waals surface area (Å²) in [6.45, 7) is 5.62. The number of amides is 1. The van der Waals surface area contributed by atoms with E-state index in [1.54, 1.807) is 12.3 Å². The molecule has 2 aromatic carbocycles. The molecule has 0 bridgehead atoms. The van der Waals surface area contributed by atoms with Crippen molar-refractivity contribution in [2.75, 3.05) is 5.32 Å². The lowest BCUT2D eigenvalue weighted by Crippen LogP contribution is -2.33. The first-order valence-electron chi connectivity index (χ1n) is 10.3. The van der Waals surface area contributed by atoms with Crippen molar-refractivity contribution < 1.29 is 9.63 Å². The number of anilines is 2. The van der Waals surface area contributed by atoms with Crippen LogP contribution in [0.4, 0.5) is 11.4 Å². The quantitative estimate of drug-likeness (QED) is 0.362. The molecule has 0 spiro atoms. The highest BCUT2D eigenvalue weighted by Gasteiger charge is 2.16. The SMILES string of the molecule is CC(C)(C)ONC(=O)c1ccccc1Nc1ccc2c(/C=C/c3ccccn3)n[nH]c2c1. The Hall–Kier alpha value is -3.97. The zero-order chi connectivity index (χ0) is 22.6. The number of hydroxylamine groups is 1. The molecule has 7 heteroatoms. The van der Waals surface area contributed by atoms with Crippen LogP contribution in [0.25, 0.3) is 23.1 Å². The molecule has 3 N–H and O–H groups in total. The standard InChI is InChI=1S/C25H25N5O2/c1-25(2,3)32-30-24(31)20-9-4-5-10-21(20)27-18-11-13-19-22(28-29-23(19)16-18)14-12-17-8-6-7-15-26-17/h4-16,27H,1-3H3,(H,28,29)(H,30,31)/b14-12+. The summed E-state index contributed by atoms with van der Waals surface area (Å²) in [5.41, 5.74) is 6.61. The Kier molecular flexibility index (Phi) is 6.00. The molecule has 0 fully saturated rings. The molecular weight excluding hydrogens is 402 g/mol. The van der Waals surface area contributed by atoms with Gasteiger partial charge < -0.3 is 5.32 Å². The first-order valence-corrected chi connectivity index (χ1v) is 10.3. The average molecular weight is 428 g/mol. The molecule has 0 aliphatic carbocycles. The van der Waals surface area contributed by atoms with Crippen LogP contribution in [0.1, 0.15) is 42.5 Å². The predicted octanol–water partition coefficient (Wildman–Crippen LogP) is 5.33. The number of rotatable bonds is 6. The van der Waals surface area contributed by atoms with Gasteiger partial charge in [-0.3, -0.25) is 19.7 Å². The number of para-hydroxylation sites is 1. The second kappa shape index (κ2) is 9.03. The van der Waals surface area contributed by atoms with Crippen LogP contribution in [-0.2, 0) is 4.84 Å². The molecule has 0 atom stereocenters. The number of aromatic nitrogens is 3. The first kappa shape index (κ1) is 21.3. The van der Waals surface area contributed by atoms with Crippen LogP contribution >= 0.6 is 0 Å². The number of nitrogens with one attached hydrogen (secondary N) is 3. The van der Waals surface area contributed by atoms with Gasteiger partial charge >= 0.3 is 0 Å². The Balaban J connectivity index is 1.53. The fourth-order valence-electron chi connectivity index (χ4n) is 3.08. The van der Waals surface area contributed by atoms with Gasteiger partial charge in [0.2, 0.25) is 0 Å². The summed E-state index contributed by atoms with van der Waals surface area (Å²) in [4.78, 5) is 22.3. The lowest BCUT2D eigenvalue weighted by molar-refractivity contribution is -0.0589. The highest BCUT2D eigenvalue weighted by molar-refractivity contribution is 6.00. The maximum atomic E-state index is 12.6. The molecule has 0 aliphatic rings. The first-order chi connectivity index (χ1) is 15.4. The third-order valence-electron chi connectivity index (χ3n) is 4.59. The number of carbonyl (C=O) groups is 1. The third-order valence-corrected chi connectivity index (χ3v) is 4.59. The van der Waals surface area contributed by atoms with Crippen LogP contribution in [0.5, 0.6) is 0 Å². The summed E-state index contributed by atoms with van der Waals surface area (Å²) >= 11 is 0. The molecule has 0 aliphatic heterocycles. The largest absolute Gasteiger partial charge is 0.355 e. The summed E-state index contributed by atoms with van der Waals surface area (Å²) < 4.78 is 0. The van der Waals surface area contributed by atoms with Gasteiger partial charge in [0.05, 0.1) is 33.8 Å². The summed E-state index contributed by atoms with van der Waals surface area (Å²) in [6, 6.07) is 19.0. The Morgan fingerprint density at radius 2 is 1.84 bits per heavy atom. The van der Waals surface area contributed by atoms with Gasteiger partial charge in [-0.05, 0) is 75.4 Å². The van der Waals surface area contributed by atoms with Crippen LogP contribution in [0.3, 0.4) is 0 Å². The fourth-order valence-corrected chi connectivity index (χ4v) is 3.08. The van der Waals surface area contributed by atoms with Crippen molar-refractivity contribution in [2.24, 2.45) is 0 Å². The normalized spacial score (nSPS) is 11.7. The molecule has 2 aromatic heterocycles. The van der Waals surface area contributed by atoms with Gasteiger partial charge in [-0.2, -0.15) is 5.10 Å². The lowest BCUT2D eigenvalue weighted by atomic mass is 10.1. The van der Waals surface area contributed by atoms with E-state index in [0.717, 1.165) is 28.0 Å². The minimum absolute atomic E-state index is 0.312. The van der Waals surface area contributed by atoms with Crippen molar-refractivity contribution in [2.45, 2.75) is 26.4 Å². The number of H-pyrrole nitrogens is 1. The molecule has 0 unspecified atom stereocenters. The minimum Gasteiger partial charge on any atom is -0.355 e. The fraction of sp³-hybridized carbons (Fsp3) is 0.160. The summed E-state index contributed by atoms with van der Waals surface area (Å²) in [6.07, 6.45) is 5.62. The van der Waals surface area contributed by atoms with Crippen molar-refractivity contribution >= 4 is 40.3 Å². The molecule has 162 valence electrons. The van der Waals surface area contributed by atoms with E-state index in [1.807, 2.05) is 87.5 Å². The van der Waals surface area contributed by atoms with Crippen molar-refractivity contribution in [3.63, 3.8) is 0 Å². The van der Waals surface area contributed by atoms with E-state index in [4.69, 9.17) is 4.84 Å². The van der Waals surface area contributed by atoms with Gasteiger partial charge in [0, 0.05) is 17.3 Å². The maximum Gasteiger partial charge on any atom is 0.276 e. The lowest BCUT2D eigenvalue weighted by Gasteiger charge is -2.19. The van der Waals surface area contributed by atoms with Crippen LogP contribution in [0.2, 0.25) is 0 Å². The molecule has 7 nitrogen and oxygen atoms in total. The molecular formula is C25H25N5O2. The Morgan fingerprint density at radius 1 is 1.03 bits per heavy atom. The Labute approximate surface area is 186 Å². The molecule has 2 heterocycles. The minimum atomic E-state index is -0.480. The molecule has 4 aromatic rings. The topological polar surface area (TPSA) is 91.9 Å². The van der Waals surface area contributed by atoms with E-state index < -0.39 is 5.60 Å². The second-order valence-corrected chi connectivity index (χ2v) is 8.27. The van der Waals surface area contributed by atoms with E-state index in [2.05, 4.69) is 26.0 Å². The van der Waals surface area contributed by atoms with Crippen LogP contribution in [-0.4, -0.2) is 26.7 Å². The Morgan fingerprint density at radius 3 is 2.62 bits per heavy atom. The Bertz CT molecular complexity index is 1260. The zero-order valence-corrected chi connectivity index (χ0v) is 18.2. The monoisotopic (exact) mass is 427 g/mol. The number of benzene rings is 2. The highest BCUT2D eigenvalue weighted by atomic mass is 16.7. The smallest absolute Gasteiger partial charge is 0.276 e. The van der Waals surface area contributed by atoms with Crippen molar-refractivity contribution in [3.05, 3.63) is 83.8 Å². The van der Waals surface area contributed by atoms with E-state index in [9.17, 15) is 4.79 Å². The summed E-state index contributed by atoms with van der Waals surface area (Å²) in [5, 5.41) is 11.8. The van der Waals surface area contributed by atoms with E-state index in [0.29, 0.717) is 11.3 Å². The summed E-state index contributed by atoms with van der Waals surface area (Å²) in [5.74, 6) is -0.312. The molecule has 0 saturated carbocycles. The van der Waals surface area contributed by atoms with E-state index >= 15 is 0 Å². The van der Waals surface area contributed by atoms with E-state index in [-0.39, 0.29) is 5.91 Å². The molecule has 1 amide bonds. The number of hydrogen-bond donors (Lipinski definition) is 3. The molecule has 32 heavy (non-hydrogen) atoms. The zero-order valence-electron chi connectivity index (χ0n) is 18.2. The van der Waals surface area contributed by atoms with Crippen LogP contribution in [0.15, 0.2) is 66.9 Å². The van der Waals surface area contributed by atoms with Gasteiger partial charge in [0.15, 0.2) is 0 Å². The van der Waals surface area contributed by atoms with Crippen molar-refractivity contribution in [1.82, 2.24) is 20.7 Å². The summed E-state index contributed by atoms with van der Waals surface area (Å²) in [7, 11) is 0. The number of fused-ring (bicyclic) bond motifs is 1. The third kappa shape index (κ3) is 5.19. The second-order valence-electron chi connectivity index (χ2n) is 8.27. The number of nitrogens with zero attached hydrogens (tertiary/aromatic N) is 2. The van der Waals surface area contributed by atoms with Gasteiger partial charge in [0.1, 0.15) is 0 Å². The van der Waals surface area contributed by atoms with E-state index in [1.165, 1.54) is 0 Å². The van der Waals surface area contributed by atoms with Crippen LogP contribution in [0, 0.1) is 0 Å². The number of aromatic amines is 1. The number of carbonyl (C=O) groups excluding carboxylic acids is 1. The molecule has 0 saturated heterocycles. The number of pyridine rings is 1. The highest BCUT2D eigenvalue weighted by Crippen LogP contribution is 2.26.